The first-order valence-electron chi connectivity index (χ1n) is 7.79. The van der Waals surface area contributed by atoms with Crippen LogP contribution >= 0.6 is 15.9 Å². The Morgan fingerprint density at radius 2 is 2.08 bits per heavy atom. The number of pyridine rings is 1. The van der Waals surface area contributed by atoms with E-state index in [2.05, 4.69) is 31.4 Å². The smallest absolute Gasteiger partial charge is 0.277 e. The molecule has 26 heavy (non-hydrogen) atoms. The van der Waals surface area contributed by atoms with E-state index in [0.29, 0.717) is 17.0 Å². The molecular weight excluding hydrogens is 398 g/mol. The van der Waals surface area contributed by atoms with Crippen LogP contribution in [-0.2, 0) is 4.79 Å². The van der Waals surface area contributed by atoms with Crippen LogP contribution in [0.15, 0.2) is 64.3 Å². The summed E-state index contributed by atoms with van der Waals surface area (Å²) in [5, 5.41) is 4.89. The van der Waals surface area contributed by atoms with Crippen LogP contribution in [0.5, 0.6) is 11.5 Å². The number of hydrogen-bond donors (Lipinski definition) is 1. The number of amides is 1. The van der Waals surface area contributed by atoms with Gasteiger partial charge in [-0.3, -0.25) is 9.78 Å². The minimum Gasteiger partial charge on any atom is -0.496 e. The number of benzene rings is 2. The van der Waals surface area contributed by atoms with E-state index >= 15 is 0 Å². The zero-order valence-electron chi connectivity index (χ0n) is 14.0. The summed E-state index contributed by atoms with van der Waals surface area (Å²) in [5.41, 5.74) is 3.88. The fraction of sp³-hybridized carbons (Fsp3) is 0.105. The Morgan fingerprint density at radius 1 is 1.23 bits per heavy atom. The Kier molecular flexibility index (Phi) is 5.80. The SMILES string of the molecule is COc1ccc(Br)cc1/C=N\NC(=O)COc1cccc2cccnc12. The molecule has 0 atom stereocenters. The maximum Gasteiger partial charge on any atom is 0.277 e. The van der Waals surface area contributed by atoms with Crippen LogP contribution in [-0.4, -0.2) is 30.8 Å². The van der Waals surface area contributed by atoms with E-state index in [1.54, 1.807) is 19.4 Å². The lowest BCUT2D eigenvalue weighted by atomic mass is 10.2. The lowest BCUT2D eigenvalue weighted by Crippen LogP contribution is -2.24. The Morgan fingerprint density at radius 3 is 2.92 bits per heavy atom. The van der Waals surface area contributed by atoms with Crippen LogP contribution < -0.4 is 14.9 Å². The summed E-state index contributed by atoms with van der Waals surface area (Å²) in [5.74, 6) is 0.836. The molecule has 0 spiro atoms. The van der Waals surface area contributed by atoms with Gasteiger partial charge < -0.3 is 9.47 Å². The zero-order valence-corrected chi connectivity index (χ0v) is 15.6. The Balaban J connectivity index is 1.60. The molecule has 1 amide bonds. The number of para-hydroxylation sites is 1. The molecule has 0 bridgehead atoms. The molecule has 3 rings (SSSR count). The predicted octanol–water partition coefficient (Wildman–Crippen LogP) is 3.54. The van der Waals surface area contributed by atoms with Crippen molar-refractivity contribution in [3.63, 3.8) is 0 Å². The van der Waals surface area contributed by atoms with E-state index in [0.717, 1.165) is 15.4 Å². The van der Waals surface area contributed by atoms with Gasteiger partial charge in [0, 0.05) is 21.6 Å². The molecule has 7 heteroatoms. The second kappa shape index (κ2) is 8.44. The summed E-state index contributed by atoms with van der Waals surface area (Å²) >= 11 is 3.39. The zero-order chi connectivity index (χ0) is 18.4. The largest absolute Gasteiger partial charge is 0.496 e. The average Bonchev–Trinajstić information content (AvgIpc) is 2.66. The van der Waals surface area contributed by atoms with Crippen LogP contribution in [0.1, 0.15) is 5.56 Å². The molecule has 3 aromatic rings. The summed E-state index contributed by atoms with van der Waals surface area (Å²) in [4.78, 5) is 16.2. The van der Waals surface area contributed by atoms with Gasteiger partial charge in [-0.15, -0.1) is 0 Å². The molecule has 6 nitrogen and oxygen atoms in total. The quantitative estimate of drug-likeness (QED) is 0.495. The van der Waals surface area contributed by atoms with E-state index in [1.165, 1.54) is 6.21 Å². The maximum atomic E-state index is 12.0. The fourth-order valence-electron chi connectivity index (χ4n) is 2.35. The van der Waals surface area contributed by atoms with Gasteiger partial charge >= 0.3 is 0 Å². The molecule has 0 aliphatic carbocycles. The van der Waals surface area contributed by atoms with Crippen molar-refractivity contribution in [3.8, 4) is 11.5 Å². The number of aromatic nitrogens is 1. The van der Waals surface area contributed by atoms with E-state index in [1.807, 2.05) is 42.5 Å². The molecule has 0 unspecified atom stereocenters. The second-order valence-electron chi connectivity index (χ2n) is 5.30. The number of carbonyl (C=O) groups is 1. The Labute approximate surface area is 159 Å². The van der Waals surface area contributed by atoms with E-state index in [4.69, 9.17) is 9.47 Å². The minimum absolute atomic E-state index is 0.164. The standard InChI is InChI=1S/C19H16BrN3O3/c1-25-16-8-7-15(20)10-14(16)11-22-23-18(24)12-26-17-6-2-4-13-5-3-9-21-19(13)17/h2-11H,12H2,1H3,(H,23,24)/b22-11-. The van der Waals surface area contributed by atoms with Gasteiger partial charge in [0.05, 0.1) is 13.3 Å². The van der Waals surface area contributed by atoms with Crippen LogP contribution in [0.4, 0.5) is 0 Å². The van der Waals surface area contributed by atoms with E-state index in [9.17, 15) is 4.79 Å². The Hall–Kier alpha value is -2.93. The number of nitrogens with one attached hydrogen (secondary N) is 1. The van der Waals surface area contributed by atoms with Crippen molar-refractivity contribution in [1.82, 2.24) is 10.4 Å². The number of halogens is 1. The summed E-state index contributed by atoms with van der Waals surface area (Å²) in [6, 6.07) is 14.9. The van der Waals surface area contributed by atoms with Crippen molar-refractivity contribution in [1.29, 1.82) is 0 Å². The normalized spacial score (nSPS) is 10.8. The Bertz CT molecular complexity index is 954. The molecule has 0 aliphatic rings. The molecule has 132 valence electrons. The second-order valence-corrected chi connectivity index (χ2v) is 6.22. The maximum absolute atomic E-state index is 12.0. The lowest BCUT2D eigenvalue weighted by Gasteiger charge is -2.07. The molecule has 0 fully saturated rings. The minimum atomic E-state index is -0.372. The van der Waals surface area contributed by atoms with Crippen molar-refractivity contribution in [2.24, 2.45) is 5.10 Å². The molecule has 0 aliphatic heterocycles. The van der Waals surface area contributed by atoms with Gasteiger partial charge in [0.1, 0.15) is 17.0 Å². The lowest BCUT2D eigenvalue weighted by molar-refractivity contribution is -0.123. The van der Waals surface area contributed by atoms with Gasteiger partial charge in [-0.1, -0.05) is 34.1 Å². The molecule has 0 saturated heterocycles. The molecule has 0 saturated carbocycles. The van der Waals surface area contributed by atoms with Crippen molar-refractivity contribution in [2.75, 3.05) is 13.7 Å². The van der Waals surface area contributed by atoms with E-state index in [-0.39, 0.29) is 12.5 Å². The highest BCUT2D eigenvalue weighted by molar-refractivity contribution is 9.10. The number of methoxy groups -OCH3 is 1. The summed E-state index contributed by atoms with van der Waals surface area (Å²) in [6.07, 6.45) is 3.20. The molecule has 0 radical (unpaired) electrons. The number of fused-ring (bicyclic) bond motifs is 1. The van der Waals surface area contributed by atoms with Gasteiger partial charge in [-0.2, -0.15) is 5.10 Å². The first-order valence-corrected chi connectivity index (χ1v) is 8.58. The fourth-order valence-corrected chi connectivity index (χ4v) is 2.73. The highest BCUT2D eigenvalue weighted by atomic mass is 79.9. The average molecular weight is 414 g/mol. The molecular formula is C19H16BrN3O3. The number of hydrogen-bond acceptors (Lipinski definition) is 5. The molecule has 1 heterocycles. The van der Waals surface area contributed by atoms with Crippen LogP contribution in [0.25, 0.3) is 10.9 Å². The number of carbonyl (C=O) groups excluding carboxylic acids is 1. The third-order valence-corrected chi connectivity index (χ3v) is 4.03. The highest BCUT2D eigenvalue weighted by Crippen LogP contribution is 2.23. The van der Waals surface area contributed by atoms with Crippen molar-refractivity contribution in [3.05, 3.63) is 64.8 Å². The van der Waals surface area contributed by atoms with Gasteiger partial charge in [0.2, 0.25) is 0 Å². The van der Waals surface area contributed by atoms with Crippen LogP contribution in [0, 0.1) is 0 Å². The molecule has 2 aromatic carbocycles. The van der Waals surface area contributed by atoms with Crippen molar-refractivity contribution >= 4 is 39.0 Å². The van der Waals surface area contributed by atoms with Gasteiger partial charge in [0.25, 0.3) is 5.91 Å². The topological polar surface area (TPSA) is 72.8 Å². The number of nitrogens with zero attached hydrogens (tertiary/aromatic N) is 2. The first-order chi connectivity index (χ1) is 12.7. The summed E-state index contributed by atoms with van der Waals surface area (Å²) in [7, 11) is 1.57. The third-order valence-electron chi connectivity index (χ3n) is 3.54. The molecule has 1 N–H and O–H groups in total. The number of hydrazone groups is 1. The summed E-state index contributed by atoms with van der Waals surface area (Å²) < 4.78 is 11.7. The van der Waals surface area contributed by atoms with Gasteiger partial charge in [-0.05, 0) is 30.3 Å². The molecule has 1 aromatic heterocycles. The number of rotatable bonds is 6. The van der Waals surface area contributed by atoms with Crippen LogP contribution in [0.2, 0.25) is 0 Å². The van der Waals surface area contributed by atoms with Crippen molar-refractivity contribution in [2.45, 2.75) is 0 Å². The number of ether oxygens (including phenoxy) is 2. The third kappa shape index (κ3) is 4.37. The first kappa shape index (κ1) is 17.9. The van der Waals surface area contributed by atoms with Gasteiger partial charge in [0.15, 0.2) is 6.61 Å². The predicted molar refractivity (Wildman–Crippen MR) is 104 cm³/mol. The summed E-state index contributed by atoms with van der Waals surface area (Å²) in [6.45, 7) is -0.164. The highest BCUT2D eigenvalue weighted by Gasteiger charge is 2.06. The van der Waals surface area contributed by atoms with E-state index < -0.39 is 0 Å². The van der Waals surface area contributed by atoms with Gasteiger partial charge in [-0.25, -0.2) is 5.43 Å². The monoisotopic (exact) mass is 413 g/mol. The van der Waals surface area contributed by atoms with Crippen LogP contribution in [0.3, 0.4) is 0 Å². The van der Waals surface area contributed by atoms with Crippen molar-refractivity contribution < 1.29 is 14.3 Å².